The predicted octanol–water partition coefficient (Wildman–Crippen LogP) is 0.419. The molecule has 91 valence electrons. The Morgan fingerprint density at radius 1 is 1.71 bits per heavy atom. The first-order chi connectivity index (χ1) is 7.86. The van der Waals surface area contributed by atoms with Crippen molar-refractivity contribution in [3.8, 4) is 0 Å². The van der Waals surface area contributed by atoms with Crippen LogP contribution in [0.1, 0.15) is 19.5 Å². The molecule has 0 saturated heterocycles. The second-order valence-corrected chi connectivity index (χ2v) is 4.41. The van der Waals surface area contributed by atoms with Crippen molar-refractivity contribution in [3.63, 3.8) is 0 Å². The van der Waals surface area contributed by atoms with Crippen LogP contribution in [0.2, 0.25) is 0 Å². The average Bonchev–Trinajstić information content (AvgIpc) is 2.65. The zero-order valence-corrected chi connectivity index (χ0v) is 9.95. The Morgan fingerprint density at radius 2 is 2.35 bits per heavy atom. The van der Waals surface area contributed by atoms with E-state index >= 15 is 0 Å². The van der Waals surface area contributed by atoms with E-state index in [1.165, 1.54) is 25.5 Å². The molecule has 0 fully saturated rings. The molecular formula is C9H10N3O4S. The number of nitrogens with two attached hydrogens (primary N) is 1. The van der Waals surface area contributed by atoms with Gasteiger partial charge in [-0.15, -0.1) is 11.3 Å². The molecule has 0 spiro atoms. The molecule has 0 aliphatic rings. The van der Waals surface area contributed by atoms with Gasteiger partial charge in [0.2, 0.25) is 5.60 Å². The van der Waals surface area contributed by atoms with Crippen molar-refractivity contribution < 1.29 is 19.5 Å². The first-order valence-corrected chi connectivity index (χ1v) is 5.34. The molecule has 0 aromatic carbocycles. The number of carbonyl (C=O) groups is 1. The summed E-state index contributed by atoms with van der Waals surface area (Å²) < 4.78 is 0. The van der Waals surface area contributed by atoms with Crippen molar-refractivity contribution in [2.75, 3.05) is 5.73 Å². The number of thiazole rings is 1. The Labute approximate surface area is 101 Å². The van der Waals surface area contributed by atoms with Gasteiger partial charge in [0.05, 0.1) is 0 Å². The normalized spacial score (nSPS) is 12.2. The summed E-state index contributed by atoms with van der Waals surface area (Å²) in [6, 6.07) is 0. The van der Waals surface area contributed by atoms with Crippen LogP contribution in [0.15, 0.2) is 10.5 Å². The molecule has 1 heterocycles. The highest BCUT2D eigenvalue weighted by molar-refractivity contribution is 7.13. The number of carboxylic acids is 1. The van der Waals surface area contributed by atoms with Crippen LogP contribution in [0.5, 0.6) is 0 Å². The topological polar surface area (TPSA) is 115 Å². The fourth-order valence-corrected chi connectivity index (χ4v) is 1.26. The third kappa shape index (κ3) is 3.25. The molecule has 1 aromatic rings. The zero-order chi connectivity index (χ0) is 13.1. The number of aromatic nitrogens is 1. The van der Waals surface area contributed by atoms with Crippen LogP contribution in [-0.4, -0.2) is 33.7 Å². The molecule has 1 aromatic heterocycles. The molecule has 0 amide bonds. The fourth-order valence-electron chi connectivity index (χ4n) is 0.713. The summed E-state index contributed by atoms with van der Waals surface area (Å²) in [5.74, 6) is -1.20. The lowest BCUT2D eigenvalue weighted by Crippen LogP contribution is -2.33. The van der Waals surface area contributed by atoms with E-state index in [1.54, 1.807) is 0 Å². The number of hydrogen-bond acceptors (Lipinski definition) is 7. The van der Waals surface area contributed by atoms with Gasteiger partial charge >= 0.3 is 5.97 Å². The first-order valence-electron chi connectivity index (χ1n) is 4.46. The van der Waals surface area contributed by atoms with Gasteiger partial charge in [0.1, 0.15) is 5.69 Å². The molecule has 0 saturated carbocycles. The summed E-state index contributed by atoms with van der Waals surface area (Å²) >= 11 is 1.12. The van der Waals surface area contributed by atoms with Crippen LogP contribution >= 0.6 is 11.3 Å². The highest BCUT2D eigenvalue weighted by Gasteiger charge is 2.30. The summed E-state index contributed by atoms with van der Waals surface area (Å²) in [6.45, 7) is 2.60. The molecule has 17 heavy (non-hydrogen) atoms. The molecule has 1 rings (SSSR count). The Hall–Kier alpha value is -1.96. The second-order valence-electron chi connectivity index (χ2n) is 3.52. The van der Waals surface area contributed by atoms with Gasteiger partial charge in [-0.3, -0.25) is 4.79 Å². The third-order valence-corrected chi connectivity index (χ3v) is 2.42. The summed E-state index contributed by atoms with van der Waals surface area (Å²) in [5.41, 5.74) is 3.82. The Morgan fingerprint density at radius 3 is 2.76 bits per heavy atom. The van der Waals surface area contributed by atoms with E-state index in [2.05, 4.69) is 10.1 Å². The Kier molecular flexibility index (Phi) is 3.79. The molecule has 0 aliphatic heterocycles. The van der Waals surface area contributed by atoms with Crippen LogP contribution in [-0.2, 0) is 14.4 Å². The summed E-state index contributed by atoms with van der Waals surface area (Å²) in [5, 5.41) is 14.0. The maximum absolute atomic E-state index is 10.7. The van der Waals surface area contributed by atoms with Crippen molar-refractivity contribution in [3.05, 3.63) is 11.1 Å². The van der Waals surface area contributed by atoms with Crippen molar-refractivity contribution in [2.24, 2.45) is 5.16 Å². The number of carbonyl (C=O) groups excluding carboxylic acids is 1. The van der Waals surface area contributed by atoms with Crippen molar-refractivity contribution in [1.82, 2.24) is 4.98 Å². The van der Waals surface area contributed by atoms with Gasteiger partial charge in [-0.1, -0.05) is 5.16 Å². The molecule has 0 unspecified atom stereocenters. The van der Waals surface area contributed by atoms with Crippen LogP contribution in [0.4, 0.5) is 5.13 Å². The minimum atomic E-state index is -1.54. The van der Waals surface area contributed by atoms with Gasteiger partial charge in [0.15, 0.2) is 10.8 Å². The van der Waals surface area contributed by atoms with Gasteiger partial charge in [0.25, 0.3) is 6.29 Å². The second kappa shape index (κ2) is 4.91. The summed E-state index contributed by atoms with van der Waals surface area (Å²) in [4.78, 5) is 29.9. The number of aliphatic carboxylic acids is 1. The molecule has 0 bridgehead atoms. The van der Waals surface area contributed by atoms with E-state index < -0.39 is 11.6 Å². The number of rotatable bonds is 5. The highest BCUT2D eigenvalue weighted by Crippen LogP contribution is 2.14. The van der Waals surface area contributed by atoms with Gasteiger partial charge in [-0.2, -0.15) is 0 Å². The van der Waals surface area contributed by atoms with Crippen LogP contribution in [0.25, 0.3) is 0 Å². The van der Waals surface area contributed by atoms with Crippen molar-refractivity contribution in [1.29, 1.82) is 0 Å². The molecule has 1 radical (unpaired) electrons. The van der Waals surface area contributed by atoms with Gasteiger partial charge in [0, 0.05) is 5.38 Å². The largest absolute Gasteiger partial charge is 0.478 e. The SMILES string of the molecule is CC(C)(O/N=C(\[C]=O)c1csc(N)n1)C(=O)O. The lowest BCUT2D eigenvalue weighted by molar-refractivity contribution is -0.161. The van der Waals surface area contributed by atoms with Crippen LogP contribution in [0.3, 0.4) is 0 Å². The molecular weight excluding hydrogens is 246 g/mol. The molecule has 0 aliphatic carbocycles. The maximum atomic E-state index is 10.7. The van der Waals surface area contributed by atoms with E-state index in [1.807, 2.05) is 0 Å². The lowest BCUT2D eigenvalue weighted by atomic mass is 10.1. The number of hydrogen-bond donors (Lipinski definition) is 2. The monoisotopic (exact) mass is 256 g/mol. The fraction of sp³-hybridized carbons (Fsp3) is 0.333. The number of oxime groups is 1. The number of carboxylic acid groups (broad SMARTS) is 1. The van der Waals surface area contributed by atoms with Crippen LogP contribution < -0.4 is 5.73 Å². The minimum Gasteiger partial charge on any atom is -0.478 e. The zero-order valence-electron chi connectivity index (χ0n) is 9.13. The van der Waals surface area contributed by atoms with E-state index in [0.717, 1.165) is 11.3 Å². The smallest absolute Gasteiger partial charge is 0.350 e. The Balaban J connectivity index is 2.89. The van der Waals surface area contributed by atoms with Crippen molar-refractivity contribution >= 4 is 34.4 Å². The highest BCUT2D eigenvalue weighted by atomic mass is 32.1. The van der Waals surface area contributed by atoms with E-state index in [4.69, 9.17) is 15.7 Å². The third-order valence-electron chi connectivity index (χ3n) is 1.74. The molecule has 0 atom stereocenters. The number of nitrogen functional groups attached to an aromatic ring is 1. The minimum absolute atomic E-state index is 0.198. The van der Waals surface area contributed by atoms with E-state index in [0.29, 0.717) is 0 Å². The van der Waals surface area contributed by atoms with Crippen LogP contribution in [0, 0.1) is 0 Å². The lowest BCUT2D eigenvalue weighted by Gasteiger charge is -2.16. The average molecular weight is 256 g/mol. The predicted molar refractivity (Wildman–Crippen MR) is 61.6 cm³/mol. The molecule has 3 N–H and O–H groups in total. The maximum Gasteiger partial charge on any atom is 0.350 e. The van der Waals surface area contributed by atoms with Gasteiger partial charge in [-0.25, -0.2) is 9.78 Å². The summed E-state index contributed by atoms with van der Waals surface area (Å²) in [7, 11) is 0. The Bertz CT molecular complexity index is 467. The number of anilines is 1. The van der Waals surface area contributed by atoms with E-state index in [-0.39, 0.29) is 16.5 Å². The van der Waals surface area contributed by atoms with Gasteiger partial charge in [-0.05, 0) is 13.8 Å². The van der Waals surface area contributed by atoms with Crippen molar-refractivity contribution in [2.45, 2.75) is 19.4 Å². The quantitative estimate of drug-likeness (QED) is 0.582. The standard InChI is InChI=1S/C9H10N3O4S/c1-9(2,7(14)15)16-12-5(3-13)6-4-17-8(10)11-6/h4H,1-2H3,(H2,10,11)(H,14,15)/b12-5+. The van der Waals surface area contributed by atoms with Gasteiger partial charge < -0.3 is 15.7 Å². The first kappa shape index (κ1) is 13.1. The molecule has 8 heteroatoms. The molecule has 7 nitrogen and oxygen atoms in total. The number of nitrogens with zero attached hydrogens (tertiary/aromatic N) is 2. The summed E-state index contributed by atoms with van der Waals surface area (Å²) in [6.07, 6.45) is 1.51. The van der Waals surface area contributed by atoms with E-state index in [9.17, 15) is 9.59 Å².